The number of hydrogen-bond acceptors (Lipinski definition) is 5. The SMILES string of the molecule is Cc1cc(-n2cc(CN3[C@H](C)CN(C(=O)C4CC(=O)N(C(C)C)C4c4ccc(Cl)c(F)c4)C[C@@H]3C)nn2)ccc1Br. The molecule has 0 radical (unpaired) electrons. The van der Waals surface area contributed by atoms with E-state index in [4.69, 9.17) is 11.6 Å². The number of carbonyl (C=O) groups is 2. The van der Waals surface area contributed by atoms with Gasteiger partial charge in [0.05, 0.1) is 34.6 Å². The van der Waals surface area contributed by atoms with Crippen LogP contribution in [0.4, 0.5) is 4.39 Å². The van der Waals surface area contributed by atoms with Gasteiger partial charge >= 0.3 is 0 Å². The van der Waals surface area contributed by atoms with Crippen LogP contribution in [0, 0.1) is 18.7 Å². The van der Waals surface area contributed by atoms with Crippen molar-refractivity contribution in [2.45, 2.75) is 71.8 Å². The van der Waals surface area contributed by atoms with Gasteiger partial charge in [-0.25, -0.2) is 9.07 Å². The lowest BCUT2D eigenvalue weighted by atomic mass is 9.91. The Labute approximate surface area is 253 Å². The van der Waals surface area contributed by atoms with E-state index in [0.717, 1.165) is 21.4 Å². The first-order valence-electron chi connectivity index (χ1n) is 13.9. The summed E-state index contributed by atoms with van der Waals surface area (Å²) in [7, 11) is 0. The Morgan fingerprint density at radius 2 is 1.85 bits per heavy atom. The molecule has 4 atom stereocenters. The number of hydrogen-bond donors (Lipinski definition) is 0. The van der Waals surface area contributed by atoms with Crippen molar-refractivity contribution in [2.75, 3.05) is 13.1 Å². The second-order valence-electron chi connectivity index (χ2n) is 11.5. The lowest BCUT2D eigenvalue weighted by molar-refractivity contribution is -0.141. The summed E-state index contributed by atoms with van der Waals surface area (Å²) in [6, 6.07) is 10.1. The van der Waals surface area contributed by atoms with Gasteiger partial charge in [0.15, 0.2) is 0 Å². The zero-order chi connectivity index (χ0) is 29.6. The fourth-order valence-electron chi connectivity index (χ4n) is 6.21. The van der Waals surface area contributed by atoms with Crippen LogP contribution in [0.2, 0.25) is 5.02 Å². The van der Waals surface area contributed by atoms with Gasteiger partial charge in [-0.05, 0) is 76.1 Å². The number of halogens is 3. The summed E-state index contributed by atoms with van der Waals surface area (Å²) in [5.41, 5.74) is 3.50. The normalized spacial score (nSPS) is 23.6. The lowest BCUT2D eigenvalue weighted by Gasteiger charge is -2.45. The Bertz CT molecular complexity index is 1450. The van der Waals surface area contributed by atoms with Crippen LogP contribution in [0.1, 0.15) is 57.0 Å². The number of carbonyl (C=O) groups excluding carboxylic acids is 2. The third-order valence-electron chi connectivity index (χ3n) is 8.23. The molecule has 2 amide bonds. The largest absolute Gasteiger partial charge is 0.339 e. The van der Waals surface area contributed by atoms with Gasteiger partial charge in [0, 0.05) is 48.7 Å². The second-order valence-corrected chi connectivity index (χ2v) is 12.8. The van der Waals surface area contributed by atoms with E-state index in [1.54, 1.807) is 15.6 Å². The molecule has 41 heavy (non-hydrogen) atoms. The van der Waals surface area contributed by atoms with Crippen LogP contribution in [-0.4, -0.2) is 72.7 Å². The number of piperazine rings is 1. The molecule has 218 valence electrons. The van der Waals surface area contributed by atoms with Crippen LogP contribution >= 0.6 is 27.5 Å². The molecule has 2 saturated heterocycles. The maximum absolute atomic E-state index is 14.4. The average Bonchev–Trinajstić information content (AvgIpc) is 3.53. The van der Waals surface area contributed by atoms with Crippen molar-refractivity contribution >= 4 is 39.3 Å². The highest BCUT2D eigenvalue weighted by molar-refractivity contribution is 9.10. The molecule has 0 spiro atoms. The van der Waals surface area contributed by atoms with Crippen LogP contribution < -0.4 is 0 Å². The van der Waals surface area contributed by atoms with Crippen molar-refractivity contribution in [3.05, 3.63) is 74.7 Å². The first-order chi connectivity index (χ1) is 19.4. The van der Waals surface area contributed by atoms with Gasteiger partial charge in [-0.2, -0.15) is 0 Å². The van der Waals surface area contributed by atoms with Crippen LogP contribution in [0.5, 0.6) is 0 Å². The Morgan fingerprint density at radius 1 is 1.15 bits per heavy atom. The third-order valence-corrected chi connectivity index (χ3v) is 9.42. The molecule has 2 aliphatic heterocycles. The van der Waals surface area contributed by atoms with Crippen molar-refractivity contribution in [2.24, 2.45) is 5.92 Å². The first-order valence-corrected chi connectivity index (χ1v) is 15.1. The molecule has 2 aromatic carbocycles. The molecular weight excluding hydrogens is 611 g/mol. The van der Waals surface area contributed by atoms with E-state index >= 15 is 0 Å². The minimum atomic E-state index is -0.592. The second kappa shape index (κ2) is 11.8. The first kappa shape index (κ1) is 29.7. The molecule has 1 aromatic heterocycles. The Kier molecular flexibility index (Phi) is 8.55. The summed E-state index contributed by atoms with van der Waals surface area (Å²) in [5.74, 6) is -1.31. The highest BCUT2D eigenvalue weighted by Crippen LogP contribution is 2.41. The highest BCUT2D eigenvalue weighted by Gasteiger charge is 2.48. The summed E-state index contributed by atoms with van der Waals surface area (Å²) in [5, 5.41) is 8.76. The molecule has 8 nitrogen and oxygen atoms in total. The zero-order valence-corrected chi connectivity index (χ0v) is 26.2. The summed E-state index contributed by atoms with van der Waals surface area (Å²) in [6.07, 6.45) is 2.05. The Hall–Kier alpha value is -2.82. The number of aromatic nitrogens is 3. The van der Waals surface area contributed by atoms with E-state index in [-0.39, 0.29) is 41.4 Å². The monoisotopic (exact) mass is 644 g/mol. The Balaban J connectivity index is 1.31. The predicted octanol–water partition coefficient (Wildman–Crippen LogP) is 5.55. The molecule has 0 N–H and O–H groups in total. The van der Waals surface area contributed by atoms with Crippen LogP contribution in [0.15, 0.2) is 47.1 Å². The third kappa shape index (κ3) is 5.92. The van der Waals surface area contributed by atoms with Gasteiger partial charge in [-0.3, -0.25) is 14.5 Å². The minimum absolute atomic E-state index is 0.0165. The average molecular weight is 646 g/mol. The van der Waals surface area contributed by atoms with Gasteiger partial charge < -0.3 is 9.80 Å². The van der Waals surface area contributed by atoms with Gasteiger partial charge in [0.1, 0.15) is 5.82 Å². The van der Waals surface area contributed by atoms with Gasteiger partial charge in [-0.1, -0.05) is 38.8 Å². The van der Waals surface area contributed by atoms with E-state index in [1.165, 1.54) is 12.1 Å². The van der Waals surface area contributed by atoms with Gasteiger partial charge in [-0.15, -0.1) is 5.10 Å². The molecule has 3 heterocycles. The van der Waals surface area contributed by atoms with Crippen molar-refractivity contribution in [3.63, 3.8) is 0 Å². The van der Waals surface area contributed by atoms with Crippen LogP contribution in [-0.2, 0) is 16.1 Å². The maximum Gasteiger partial charge on any atom is 0.228 e. The van der Waals surface area contributed by atoms with Crippen molar-refractivity contribution in [3.8, 4) is 5.69 Å². The van der Waals surface area contributed by atoms with E-state index in [2.05, 4.69) is 51.1 Å². The Morgan fingerprint density at radius 3 is 2.49 bits per heavy atom. The molecule has 0 aliphatic carbocycles. The zero-order valence-electron chi connectivity index (χ0n) is 23.9. The van der Waals surface area contributed by atoms with Crippen molar-refractivity contribution < 1.29 is 14.0 Å². The van der Waals surface area contributed by atoms with E-state index < -0.39 is 17.8 Å². The molecule has 11 heteroatoms. The number of amides is 2. The van der Waals surface area contributed by atoms with E-state index in [9.17, 15) is 14.0 Å². The van der Waals surface area contributed by atoms with Gasteiger partial charge in [0.2, 0.25) is 11.8 Å². The maximum atomic E-state index is 14.4. The number of benzene rings is 2. The molecule has 0 saturated carbocycles. The predicted molar refractivity (Wildman–Crippen MR) is 159 cm³/mol. The quantitative estimate of drug-likeness (QED) is 0.352. The topological polar surface area (TPSA) is 74.6 Å². The highest BCUT2D eigenvalue weighted by atomic mass is 79.9. The molecule has 0 bridgehead atoms. The standard InChI is InChI=1S/C30H35BrClFN6O2/c1-17(2)39-28(40)12-24(29(39)21-6-9-26(32)27(33)11-21)30(41)36-13-19(4)37(20(5)14-36)15-22-16-38(35-34-22)23-7-8-25(31)18(3)10-23/h6-11,16-17,19-20,24,29H,12-15H2,1-5H3/t19-,20+,24?,29?. The minimum Gasteiger partial charge on any atom is -0.339 e. The number of aryl methyl sites for hydroxylation is 1. The van der Waals surface area contributed by atoms with Crippen LogP contribution in [0.3, 0.4) is 0 Å². The molecule has 3 aromatic rings. The van der Waals surface area contributed by atoms with E-state index in [1.807, 2.05) is 44.0 Å². The fourth-order valence-corrected chi connectivity index (χ4v) is 6.58. The number of likely N-dealkylation sites (tertiary alicyclic amines) is 1. The summed E-state index contributed by atoms with van der Waals surface area (Å²) in [4.78, 5) is 33.0. The molecule has 2 aliphatic rings. The van der Waals surface area contributed by atoms with Crippen molar-refractivity contribution in [1.82, 2.24) is 29.7 Å². The summed E-state index contributed by atoms with van der Waals surface area (Å²) < 4.78 is 17.3. The van der Waals surface area contributed by atoms with E-state index in [0.29, 0.717) is 25.2 Å². The number of rotatable bonds is 6. The molecule has 2 fully saturated rings. The van der Waals surface area contributed by atoms with Crippen molar-refractivity contribution in [1.29, 1.82) is 0 Å². The summed E-state index contributed by atoms with van der Waals surface area (Å²) >= 11 is 9.47. The smallest absolute Gasteiger partial charge is 0.228 e. The molecule has 2 unspecified atom stereocenters. The molecular formula is C30H35BrClFN6O2. The van der Waals surface area contributed by atoms with Crippen LogP contribution in [0.25, 0.3) is 5.69 Å². The number of nitrogens with zero attached hydrogens (tertiary/aromatic N) is 6. The fraction of sp³-hybridized carbons (Fsp3) is 0.467. The van der Waals surface area contributed by atoms with Gasteiger partial charge in [0.25, 0.3) is 0 Å². The molecule has 5 rings (SSSR count). The lowest BCUT2D eigenvalue weighted by Crippen LogP contribution is -2.58. The summed E-state index contributed by atoms with van der Waals surface area (Å²) in [6.45, 7) is 11.7.